The molecule has 0 bridgehead atoms. The summed E-state index contributed by atoms with van der Waals surface area (Å²) < 4.78 is 0. The Morgan fingerprint density at radius 1 is 1.50 bits per heavy atom. The third kappa shape index (κ3) is 4.71. The number of nitrogens with zero attached hydrogens (tertiary/aromatic N) is 1. The second kappa shape index (κ2) is 7.27. The van der Waals surface area contributed by atoms with Crippen LogP contribution in [0.15, 0.2) is 17.5 Å². The zero-order valence-electron chi connectivity index (χ0n) is 11.7. The van der Waals surface area contributed by atoms with Gasteiger partial charge >= 0.3 is 0 Å². The highest BCUT2D eigenvalue weighted by molar-refractivity contribution is 7.09. The fourth-order valence-corrected chi connectivity index (χ4v) is 3.34. The Labute approximate surface area is 115 Å². The fourth-order valence-electron chi connectivity index (χ4n) is 2.65. The van der Waals surface area contributed by atoms with E-state index in [4.69, 9.17) is 0 Å². The molecule has 0 aromatic carbocycles. The molecule has 1 aliphatic rings. The number of nitrogens with one attached hydrogen (secondary N) is 1. The molecule has 1 atom stereocenters. The minimum absolute atomic E-state index is 0.617. The van der Waals surface area contributed by atoms with Crippen molar-refractivity contribution < 1.29 is 0 Å². The van der Waals surface area contributed by atoms with Crippen molar-refractivity contribution in [1.82, 2.24) is 10.2 Å². The molecule has 1 saturated heterocycles. The summed E-state index contributed by atoms with van der Waals surface area (Å²) in [4.78, 5) is 4.17. The molecule has 102 valence electrons. The lowest BCUT2D eigenvalue weighted by atomic mass is 9.97. The number of piperidine rings is 1. The van der Waals surface area contributed by atoms with Gasteiger partial charge in [0.1, 0.15) is 0 Å². The highest BCUT2D eigenvalue weighted by Crippen LogP contribution is 2.17. The van der Waals surface area contributed by atoms with Crippen LogP contribution >= 0.6 is 11.3 Å². The predicted octanol–water partition coefficient (Wildman–Crippen LogP) is 3.00. The first kappa shape index (κ1) is 14.0. The van der Waals surface area contributed by atoms with E-state index in [1.165, 1.54) is 50.3 Å². The molecule has 1 fully saturated rings. The molecule has 1 aromatic rings. The van der Waals surface area contributed by atoms with Gasteiger partial charge in [-0.1, -0.05) is 19.9 Å². The summed E-state index contributed by atoms with van der Waals surface area (Å²) in [5, 5.41) is 5.76. The van der Waals surface area contributed by atoms with Crippen molar-refractivity contribution in [3.05, 3.63) is 22.4 Å². The van der Waals surface area contributed by atoms with Crippen molar-refractivity contribution >= 4 is 11.3 Å². The summed E-state index contributed by atoms with van der Waals surface area (Å²) in [5.41, 5.74) is 0. The predicted molar refractivity (Wildman–Crippen MR) is 80.3 cm³/mol. The first-order valence-electron chi connectivity index (χ1n) is 7.22. The van der Waals surface area contributed by atoms with E-state index in [1.807, 2.05) is 11.3 Å². The van der Waals surface area contributed by atoms with Crippen LogP contribution in [0.5, 0.6) is 0 Å². The number of hydrogen-bond acceptors (Lipinski definition) is 3. The van der Waals surface area contributed by atoms with Crippen LogP contribution in [-0.4, -0.2) is 37.1 Å². The van der Waals surface area contributed by atoms with Gasteiger partial charge in [0.25, 0.3) is 0 Å². The molecule has 2 heterocycles. The molecule has 1 unspecified atom stereocenters. The minimum Gasteiger partial charge on any atom is -0.314 e. The molecule has 1 aromatic heterocycles. The van der Waals surface area contributed by atoms with Crippen molar-refractivity contribution in [3.63, 3.8) is 0 Å². The van der Waals surface area contributed by atoms with Gasteiger partial charge in [-0.15, -0.1) is 11.3 Å². The van der Waals surface area contributed by atoms with Crippen molar-refractivity contribution in [1.29, 1.82) is 0 Å². The van der Waals surface area contributed by atoms with Crippen molar-refractivity contribution in [3.8, 4) is 0 Å². The molecule has 3 heteroatoms. The first-order chi connectivity index (χ1) is 8.74. The van der Waals surface area contributed by atoms with Crippen LogP contribution in [-0.2, 0) is 6.42 Å². The Kier molecular flexibility index (Phi) is 5.67. The number of rotatable bonds is 6. The largest absolute Gasteiger partial charge is 0.314 e. The molecule has 0 amide bonds. The lowest BCUT2D eigenvalue weighted by Gasteiger charge is -2.33. The van der Waals surface area contributed by atoms with Crippen LogP contribution in [0.2, 0.25) is 0 Å². The van der Waals surface area contributed by atoms with Gasteiger partial charge in [-0.05, 0) is 49.7 Å². The van der Waals surface area contributed by atoms with Crippen LogP contribution in [0.4, 0.5) is 0 Å². The van der Waals surface area contributed by atoms with Crippen LogP contribution in [0.25, 0.3) is 0 Å². The third-order valence-corrected chi connectivity index (χ3v) is 4.61. The third-order valence-electron chi connectivity index (χ3n) is 3.67. The quantitative estimate of drug-likeness (QED) is 0.851. The zero-order valence-corrected chi connectivity index (χ0v) is 12.5. The average molecular weight is 266 g/mol. The Morgan fingerprint density at radius 3 is 3.11 bits per heavy atom. The molecule has 18 heavy (non-hydrogen) atoms. The molecule has 2 nitrogen and oxygen atoms in total. The van der Waals surface area contributed by atoms with Gasteiger partial charge in [-0.2, -0.15) is 0 Å². The zero-order chi connectivity index (χ0) is 12.8. The minimum atomic E-state index is 0.617. The maximum atomic E-state index is 3.58. The van der Waals surface area contributed by atoms with Crippen LogP contribution in [0.3, 0.4) is 0 Å². The summed E-state index contributed by atoms with van der Waals surface area (Å²) >= 11 is 1.89. The summed E-state index contributed by atoms with van der Waals surface area (Å²) in [6.07, 6.45) is 3.99. The molecule has 1 aliphatic heterocycles. The Balaban J connectivity index is 1.69. The lowest BCUT2D eigenvalue weighted by Crippen LogP contribution is -2.41. The lowest BCUT2D eigenvalue weighted by molar-refractivity contribution is 0.173. The van der Waals surface area contributed by atoms with Crippen molar-refractivity contribution in [2.24, 2.45) is 5.92 Å². The summed E-state index contributed by atoms with van der Waals surface area (Å²) in [6.45, 7) is 9.47. The van der Waals surface area contributed by atoms with Crippen molar-refractivity contribution in [2.75, 3.05) is 26.2 Å². The number of thiophene rings is 1. The van der Waals surface area contributed by atoms with Gasteiger partial charge in [-0.25, -0.2) is 0 Å². The molecular weight excluding hydrogens is 240 g/mol. The van der Waals surface area contributed by atoms with Gasteiger partial charge in [0.2, 0.25) is 0 Å². The summed E-state index contributed by atoms with van der Waals surface area (Å²) in [5.74, 6) is 0.851. The number of likely N-dealkylation sites (tertiary alicyclic amines) is 1. The summed E-state index contributed by atoms with van der Waals surface area (Å²) in [7, 11) is 0. The first-order valence-corrected chi connectivity index (χ1v) is 8.10. The molecule has 0 saturated carbocycles. The van der Waals surface area contributed by atoms with E-state index in [2.05, 4.69) is 41.6 Å². The van der Waals surface area contributed by atoms with E-state index in [9.17, 15) is 0 Å². The second-order valence-corrected chi connectivity index (χ2v) is 6.73. The van der Waals surface area contributed by atoms with E-state index >= 15 is 0 Å². The molecular formula is C15H26N2S. The Hall–Kier alpha value is -0.380. The van der Waals surface area contributed by atoms with E-state index in [1.54, 1.807) is 0 Å². The second-order valence-electron chi connectivity index (χ2n) is 5.70. The normalized spacial score (nSPS) is 21.6. The van der Waals surface area contributed by atoms with Gasteiger partial charge < -0.3 is 10.2 Å². The van der Waals surface area contributed by atoms with Crippen molar-refractivity contribution in [2.45, 2.75) is 39.2 Å². The maximum absolute atomic E-state index is 3.58. The standard InChI is InChI=1S/C15H26N2S/c1-13(2)16-11-14-5-3-8-17(12-14)9-7-15-6-4-10-18-15/h4,6,10,13-14,16H,3,5,7-9,11-12H2,1-2H3. The molecule has 2 rings (SSSR count). The van der Waals surface area contributed by atoms with Gasteiger partial charge in [0, 0.05) is 24.0 Å². The topological polar surface area (TPSA) is 15.3 Å². The summed E-state index contributed by atoms with van der Waals surface area (Å²) in [6, 6.07) is 5.03. The molecule has 0 radical (unpaired) electrons. The number of hydrogen-bond donors (Lipinski definition) is 1. The Bertz CT molecular complexity index is 321. The smallest absolute Gasteiger partial charge is 0.00579 e. The molecule has 1 N–H and O–H groups in total. The Morgan fingerprint density at radius 2 is 2.39 bits per heavy atom. The highest BCUT2D eigenvalue weighted by Gasteiger charge is 2.19. The maximum Gasteiger partial charge on any atom is 0.00579 e. The van der Waals surface area contributed by atoms with Crippen LogP contribution < -0.4 is 5.32 Å². The van der Waals surface area contributed by atoms with Gasteiger partial charge in [0.15, 0.2) is 0 Å². The van der Waals surface area contributed by atoms with Gasteiger partial charge in [0.05, 0.1) is 0 Å². The monoisotopic (exact) mass is 266 g/mol. The average Bonchev–Trinajstić information content (AvgIpc) is 2.87. The molecule has 0 spiro atoms. The highest BCUT2D eigenvalue weighted by atomic mass is 32.1. The van der Waals surface area contributed by atoms with E-state index in [0.717, 1.165) is 5.92 Å². The fraction of sp³-hybridized carbons (Fsp3) is 0.733. The van der Waals surface area contributed by atoms with E-state index < -0.39 is 0 Å². The van der Waals surface area contributed by atoms with E-state index in [-0.39, 0.29) is 0 Å². The molecule has 0 aliphatic carbocycles. The van der Waals surface area contributed by atoms with Crippen LogP contribution in [0, 0.1) is 5.92 Å². The van der Waals surface area contributed by atoms with E-state index in [0.29, 0.717) is 6.04 Å². The van der Waals surface area contributed by atoms with Gasteiger partial charge in [-0.3, -0.25) is 0 Å². The van der Waals surface area contributed by atoms with Crippen LogP contribution in [0.1, 0.15) is 31.6 Å². The SMILES string of the molecule is CC(C)NCC1CCCN(CCc2cccs2)C1.